The van der Waals surface area contributed by atoms with E-state index in [0.29, 0.717) is 0 Å². The quantitative estimate of drug-likeness (QED) is 0.460. The lowest BCUT2D eigenvalue weighted by Gasteiger charge is -2.30. The smallest absolute Gasteiger partial charge is 0.190 e. The Morgan fingerprint density at radius 1 is 1.50 bits per heavy atom. The van der Waals surface area contributed by atoms with Gasteiger partial charge in [0, 0.05) is 33.7 Å². The van der Waals surface area contributed by atoms with Crippen molar-refractivity contribution in [3.05, 3.63) is 0 Å². The Hall–Kier alpha value is -0.0400. The van der Waals surface area contributed by atoms with E-state index in [1.807, 2.05) is 7.05 Å². The highest BCUT2D eigenvalue weighted by Gasteiger charge is 2.15. The SMILES string of the molecule is CN=C(NC)NCCN1CCCC(C)C1.I. The van der Waals surface area contributed by atoms with Crippen LogP contribution < -0.4 is 10.6 Å². The van der Waals surface area contributed by atoms with Crippen LogP contribution in [0.25, 0.3) is 0 Å². The highest BCUT2D eigenvalue weighted by atomic mass is 127. The van der Waals surface area contributed by atoms with E-state index in [1.54, 1.807) is 7.05 Å². The minimum absolute atomic E-state index is 0. The molecular weight excluding hydrogens is 315 g/mol. The minimum atomic E-state index is 0. The molecule has 0 radical (unpaired) electrons. The summed E-state index contributed by atoms with van der Waals surface area (Å²) in [5, 5.41) is 6.30. The van der Waals surface area contributed by atoms with Crippen LogP contribution in [0.1, 0.15) is 19.8 Å². The first kappa shape index (κ1) is 16.0. The van der Waals surface area contributed by atoms with Crippen LogP contribution in [0.4, 0.5) is 0 Å². The summed E-state index contributed by atoms with van der Waals surface area (Å²) in [7, 11) is 3.68. The zero-order valence-corrected chi connectivity index (χ0v) is 13.0. The van der Waals surface area contributed by atoms with Crippen LogP contribution in [0, 0.1) is 5.92 Å². The van der Waals surface area contributed by atoms with Gasteiger partial charge in [0.2, 0.25) is 0 Å². The van der Waals surface area contributed by atoms with Gasteiger partial charge in [-0.15, -0.1) is 24.0 Å². The molecule has 1 rings (SSSR count). The average molecular weight is 340 g/mol. The first-order valence-corrected chi connectivity index (χ1v) is 5.87. The summed E-state index contributed by atoms with van der Waals surface area (Å²) in [5.74, 6) is 1.74. The Morgan fingerprint density at radius 3 is 2.81 bits per heavy atom. The molecule has 2 N–H and O–H groups in total. The Balaban J connectivity index is 0.00000225. The van der Waals surface area contributed by atoms with Gasteiger partial charge in [-0.25, -0.2) is 0 Å². The second kappa shape index (κ2) is 9.04. The number of hydrogen-bond donors (Lipinski definition) is 2. The number of piperidine rings is 1. The summed E-state index contributed by atoms with van der Waals surface area (Å²) < 4.78 is 0. The predicted molar refractivity (Wildman–Crippen MR) is 80.7 cm³/mol. The van der Waals surface area contributed by atoms with Gasteiger partial charge in [0.1, 0.15) is 0 Å². The van der Waals surface area contributed by atoms with Gasteiger partial charge in [-0.3, -0.25) is 4.99 Å². The Morgan fingerprint density at radius 2 is 2.25 bits per heavy atom. The van der Waals surface area contributed by atoms with Crippen LogP contribution in [-0.4, -0.2) is 51.1 Å². The van der Waals surface area contributed by atoms with Crippen LogP contribution in [0.3, 0.4) is 0 Å². The summed E-state index contributed by atoms with van der Waals surface area (Å²) in [5.41, 5.74) is 0. The molecule has 0 aliphatic carbocycles. The van der Waals surface area contributed by atoms with E-state index in [0.717, 1.165) is 25.0 Å². The molecule has 4 nitrogen and oxygen atoms in total. The topological polar surface area (TPSA) is 39.7 Å². The van der Waals surface area contributed by atoms with Gasteiger partial charge in [-0.1, -0.05) is 6.92 Å². The van der Waals surface area contributed by atoms with E-state index in [1.165, 1.54) is 25.9 Å². The van der Waals surface area contributed by atoms with Gasteiger partial charge in [0.05, 0.1) is 0 Å². The number of hydrogen-bond acceptors (Lipinski definition) is 2. The second-order valence-corrected chi connectivity index (χ2v) is 4.30. The molecule has 0 aromatic carbocycles. The van der Waals surface area contributed by atoms with Gasteiger partial charge < -0.3 is 15.5 Å². The van der Waals surface area contributed by atoms with Crippen LogP contribution in [0.2, 0.25) is 0 Å². The number of halogens is 1. The maximum atomic E-state index is 4.08. The molecule has 5 heteroatoms. The number of aliphatic imine (C=N–C) groups is 1. The van der Waals surface area contributed by atoms with Crippen LogP contribution in [0.15, 0.2) is 4.99 Å². The zero-order chi connectivity index (χ0) is 11.1. The molecule has 0 amide bonds. The van der Waals surface area contributed by atoms with E-state index in [9.17, 15) is 0 Å². The van der Waals surface area contributed by atoms with Crippen molar-refractivity contribution in [2.24, 2.45) is 10.9 Å². The van der Waals surface area contributed by atoms with E-state index in [2.05, 4.69) is 27.4 Å². The molecule has 1 unspecified atom stereocenters. The third kappa shape index (κ3) is 5.89. The van der Waals surface area contributed by atoms with E-state index < -0.39 is 0 Å². The van der Waals surface area contributed by atoms with Crippen molar-refractivity contribution in [2.75, 3.05) is 40.3 Å². The van der Waals surface area contributed by atoms with Gasteiger partial charge in [-0.05, 0) is 25.3 Å². The van der Waals surface area contributed by atoms with Crippen LogP contribution >= 0.6 is 24.0 Å². The number of rotatable bonds is 3. The second-order valence-electron chi connectivity index (χ2n) is 4.30. The molecule has 0 bridgehead atoms. The summed E-state index contributed by atoms with van der Waals surface area (Å²) >= 11 is 0. The average Bonchev–Trinajstić information content (AvgIpc) is 2.25. The number of guanidine groups is 1. The first-order valence-electron chi connectivity index (χ1n) is 5.87. The van der Waals surface area contributed by atoms with Crippen LogP contribution in [0.5, 0.6) is 0 Å². The standard InChI is InChI=1S/C11H24N4.HI/c1-10-5-4-7-15(9-10)8-6-14-11(12-2)13-3;/h10H,4-9H2,1-3H3,(H2,12,13,14);1H. The summed E-state index contributed by atoms with van der Waals surface area (Å²) in [6.07, 6.45) is 2.74. The van der Waals surface area contributed by atoms with Gasteiger partial charge >= 0.3 is 0 Å². The van der Waals surface area contributed by atoms with Crippen molar-refractivity contribution in [1.82, 2.24) is 15.5 Å². The molecule has 1 fully saturated rings. The monoisotopic (exact) mass is 340 g/mol. The molecule has 16 heavy (non-hydrogen) atoms. The molecule has 1 aliphatic heterocycles. The molecular formula is C11H25IN4. The summed E-state index contributed by atoms with van der Waals surface area (Å²) in [6.45, 7) is 6.93. The van der Waals surface area contributed by atoms with E-state index in [-0.39, 0.29) is 24.0 Å². The first-order chi connectivity index (χ1) is 7.26. The fourth-order valence-corrected chi connectivity index (χ4v) is 2.10. The molecule has 1 aliphatic rings. The molecule has 0 aromatic heterocycles. The largest absolute Gasteiger partial charge is 0.359 e. The number of nitrogens with one attached hydrogen (secondary N) is 2. The van der Waals surface area contributed by atoms with Crippen molar-refractivity contribution in [2.45, 2.75) is 19.8 Å². The molecule has 0 aromatic rings. The van der Waals surface area contributed by atoms with Gasteiger partial charge in [0.25, 0.3) is 0 Å². The van der Waals surface area contributed by atoms with Crippen molar-refractivity contribution in [3.63, 3.8) is 0 Å². The van der Waals surface area contributed by atoms with Gasteiger partial charge in [0.15, 0.2) is 5.96 Å². The molecule has 0 saturated carbocycles. The van der Waals surface area contributed by atoms with Crippen LogP contribution in [-0.2, 0) is 0 Å². The summed E-state index contributed by atoms with van der Waals surface area (Å²) in [4.78, 5) is 6.61. The molecule has 96 valence electrons. The fourth-order valence-electron chi connectivity index (χ4n) is 2.10. The van der Waals surface area contributed by atoms with Gasteiger partial charge in [-0.2, -0.15) is 0 Å². The van der Waals surface area contributed by atoms with E-state index in [4.69, 9.17) is 0 Å². The number of nitrogens with zero attached hydrogens (tertiary/aromatic N) is 2. The molecule has 1 saturated heterocycles. The number of likely N-dealkylation sites (tertiary alicyclic amines) is 1. The fraction of sp³-hybridized carbons (Fsp3) is 0.909. The lowest BCUT2D eigenvalue weighted by Crippen LogP contribution is -2.42. The maximum Gasteiger partial charge on any atom is 0.190 e. The highest BCUT2D eigenvalue weighted by molar-refractivity contribution is 14.0. The maximum absolute atomic E-state index is 4.08. The normalized spacial score (nSPS) is 22.4. The highest BCUT2D eigenvalue weighted by Crippen LogP contribution is 2.14. The Kier molecular flexibility index (Phi) is 9.02. The lowest BCUT2D eigenvalue weighted by atomic mass is 10.0. The minimum Gasteiger partial charge on any atom is -0.359 e. The summed E-state index contributed by atoms with van der Waals surface area (Å²) in [6, 6.07) is 0. The Labute approximate surface area is 116 Å². The zero-order valence-electron chi connectivity index (χ0n) is 10.6. The van der Waals surface area contributed by atoms with Crippen molar-refractivity contribution in [1.29, 1.82) is 0 Å². The van der Waals surface area contributed by atoms with Crippen molar-refractivity contribution < 1.29 is 0 Å². The molecule has 0 spiro atoms. The lowest BCUT2D eigenvalue weighted by molar-refractivity contribution is 0.187. The Bertz CT molecular complexity index is 208. The molecule has 1 heterocycles. The predicted octanol–water partition coefficient (Wildman–Crippen LogP) is 1.13. The van der Waals surface area contributed by atoms with Crippen molar-refractivity contribution in [3.8, 4) is 0 Å². The van der Waals surface area contributed by atoms with Crippen molar-refractivity contribution >= 4 is 29.9 Å². The van der Waals surface area contributed by atoms with E-state index >= 15 is 0 Å². The molecule has 1 atom stereocenters. The third-order valence-corrected chi connectivity index (χ3v) is 2.92. The third-order valence-electron chi connectivity index (χ3n) is 2.92.